The number of benzene rings is 1. The molecule has 3 heteroatoms. The molecule has 0 aliphatic rings. The van der Waals surface area contributed by atoms with E-state index in [1.165, 1.54) is 5.56 Å². The van der Waals surface area contributed by atoms with Crippen LogP contribution >= 0.6 is 0 Å². The molecule has 1 heterocycles. The molecule has 0 aliphatic heterocycles. The van der Waals surface area contributed by atoms with Crippen molar-refractivity contribution in [1.29, 1.82) is 0 Å². The zero-order valence-electron chi connectivity index (χ0n) is 12.4. The van der Waals surface area contributed by atoms with Crippen LogP contribution in [0.25, 0.3) is 0 Å². The fourth-order valence-electron chi connectivity index (χ4n) is 2.23. The summed E-state index contributed by atoms with van der Waals surface area (Å²) in [5.74, 6) is 2.11. The Hall–Kier alpha value is -1.74. The molecule has 20 heavy (non-hydrogen) atoms. The summed E-state index contributed by atoms with van der Waals surface area (Å²) >= 11 is 0. The Balaban J connectivity index is 2.28. The lowest BCUT2D eigenvalue weighted by Crippen LogP contribution is -2.29. The third kappa shape index (κ3) is 3.23. The van der Waals surface area contributed by atoms with Crippen molar-refractivity contribution in [3.05, 3.63) is 54.0 Å². The number of furan rings is 1. The van der Waals surface area contributed by atoms with Gasteiger partial charge >= 0.3 is 0 Å². The van der Waals surface area contributed by atoms with E-state index in [1.807, 2.05) is 37.3 Å². The summed E-state index contributed by atoms with van der Waals surface area (Å²) in [6, 6.07) is 11.8. The van der Waals surface area contributed by atoms with Gasteiger partial charge in [-0.05, 0) is 43.0 Å². The first-order chi connectivity index (χ1) is 9.63. The van der Waals surface area contributed by atoms with Gasteiger partial charge in [-0.2, -0.15) is 0 Å². The third-order valence-corrected chi connectivity index (χ3v) is 3.62. The maximum Gasteiger partial charge on any atom is 0.171 e. The molecule has 0 bridgehead atoms. The SMILES string of the molecule is CCC(C)c1ccccc1OC(c1ccco1)C(C)N. The fraction of sp³-hybridized carbons (Fsp3) is 0.412. The lowest BCUT2D eigenvalue weighted by molar-refractivity contribution is 0.151. The van der Waals surface area contributed by atoms with Crippen LogP contribution in [-0.2, 0) is 0 Å². The first-order valence-corrected chi connectivity index (χ1v) is 7.18. The Bertz CT molecular complexity index is 520. The van der Waals surface area contributed by atoms with E-state index in [0.29, 0.717) is 5.92 Å². The highest BCUT2D eigenvalue weighted by molar-refractivity contribution is 5.36. The molecule has 3 atom stereocenters. The van der Waals surface area contributed by atoms with Crippen molar-refractivity contribution in [2.75, 3.05) is 0 Å². The van der Waals surface area contributed by atoms with E-state index in [4.69, 9.17) is 14.9 Å². The molecular weight excluding hydrogens is 250 g/mol. The van der Waals surface area contributed by atoms with Crippen LogP contribution in [0.1, 0.15) is 50.5 Å². The molecule has 0 amide bonds. The Morgan fingerprint density at radius 3 is 2.50 bits per heavy atom. The summed E-state index contributed by atoms with van der Waals surface area (Å²) in [5.41, 5.74) is 7.26. The van der Waals surface area contributed by atoms with Gasteiger partial charge in [0.05, 0.1) is 6.26 Å². The van der Waals surface area contributed by atoms with Gasteiger partial charge in [-0.1, -0.05) is 32.0 Å². The average molecular weight is 273 g/mol. The molecule has 0 aliphatic carbocycles. The number of ether oxygens (including phenoxy) is 1. The summed E-state index contributed by atoms with van der Waals surface area (Å²) in [5, 5.41) is 0. The zero-order chi connectivity index (χ0) is 14.5. The molecule has 3 nitrogen and oxygen atoms in total. The number of hydrogen-bond donors (Lipinski definition) is 1. The summed E-state index contributed by atoms with van der Waals surface area (Å²) in [4.78, 5) is 0. The normalized spacial score (nSPS) is 15.6. The summed E-state index contributed by atoms with van der Waals surface area (Å²) < 4.78 is 11.6. The van der Waals surface area contributed by atoms with Crippen molar-refractivity contribution in [3.63, 3.8) is 0 Å². The second-order valence-corrected chi connectivity index (χ2v) is 5.26. The lowest BCUT2D eigenvalue weighted by Gasteiger charge is -2.23. The minimum Gasteiger partial charge on any atom is -0.481 e. The van der Waals surface area contributed by atoms with E-state index in [0.717, 1.165) is 17.9 Å². The molecule has 3 unspecified atom stereocenters. The van der Waals surface area contributed by atoms with E-state index in [-0.39, 0.29) is 12.1 Å². The second-order valence-electron chi connectivity index (χ2n) is 5.26. The highest BCUT2D eigenvalue weighted by Crippen LogP contribution is 2.32. The topological polar surface area (TPSA) is 48.4 Å². The Morgan fingerprint density at radius 1 is 1.15 bits per heavy atom. The van der Waals surface area contributed by atoms with Crippen LogP contribution in [0.2, 0.25) is 0 Å². The maximum atomic E-state index is 6.16. The van der Waals surface area contributed by atoms with Gasteiger partial charge in [-0.25, -0.2) is 0 Å². The minimum atomic E-state index is -0.268. The number of para-hydroxylation sites is 1. The first kappa shape index (κ1) is 14.7. The molecule has 108 valence electrons. The van der Waals surface area contributed by atoms with Gasteiger partial charge in [0.15, 0.2) is 6.10 Å². The Labute approximate surface area is 120 Å². The molecule has 0 saturated heterocycles. The second kappa shape index (κ2) is 6.62. The predicted molar refractivity (Wildman–Crippen MR) is 80.9 cm³/mol. The molecule has 2 rings (SSSR count). The van der Waals surface area contributed by atoms with Crippen molar-refractivity contribution in [3.8, 4) is 5.75 Å². The number of nitrogens with two attached hydrogens (primary N) is 1. The smallest absolute Gasteiger partial charge is 0.171 e. The predicted octanol–water partition coefficient (Wildman–Crippen LogP) is 4.26. The van der Waals surface area contributed by atoms with Crippen LogP contribution in [0.5, 0.6) is 5.75 Å². The molecule has 0 radical (unpaired) electrons. The lowest BCUT2D eigenvalue weighted by atomic mass is 9.97. The molecule has 0 fully saturated rings. The Morgan fingerprint density at radius 2 is 1.90 bits per heavy atom. The van der Waals surface area contributed by atoms with Gasteiger partial charge < -0.3 is 14.9 Å². The van der Waals surface area contributed by atoms with Crippen molar-refractivity contribution < 1.29 is 9.15 Å². The minimum absolute atomic E-state index is 0.147. The quantitative estimate of drug-likeness (QED) is 0.855. The van der Waals surface area contributed by atoms with Crippen LogP contribution in [0, 0.1) is 0 Å². The maximum absolute atomic E-state index is 6.16. The van der Waals surface area contributed by atoms with Gasteiger partial charge in [0.1, 0.15) is 11.5 Å². The van der Waals surface area contributed by atoms with Gasteiger partial charge in [0.2, 0.25) is 0 Å². The van der Waals surface area contributed by atoms with Crippen molar-refractivity contribution >= 4 is 0 Å². The van der Waals surface area contributed by atoms with Crippen LogP contribution < -0.4 is 10.5 Å². The van der Waals surface area contributed by atoms with Crippen molar-refractivity contribution in [2.24, 2.45) is 5.73 Å². The fourth-order valence-corrected chi connectivity index (χ4v) is 2.23. The van der Waals surface area contributed by atoms with E-state index in [2.05, 4.69) is 19.9 Å². The largest absolute Gasteiger partial charge is 0.481 e. The van der Waals surface area contributed by atoms with E-state index in [1.54, 1.807) is 6.26 Å². The highest BCUT2D eigenvalue weighted by Gasteiger charge is 2.22. The van der Waals surface area contributed by atoms with Crippen LogP contribution in [0.3, 0.4) is 0 Å². The molecular formula is C17H23NO2. The van der Waals surface area contributed by atoms with Gasteiger partial charge in [0, 0.05) is 6.04 Å². The monoisotopic (exact) mass is 273 g/mol. The van der Waals surface area contributed by atoms with E-state index < -0.39 is 0 Å². The zero-order valence-corrected chi connectivity index (χ0v) is 12.4. The van der Waals surface area contributed by atoms with Crippen LogP contribution in [0.15, 0.2) is 47.1 Å². The average Bonchev–Trinajstić information content (AvgIpc) is 2.97. The highest BCUT2D eigenvalue weighted by atomic mass is 16.5. The third-order valence-electron chi connectivity index (χ3n) is 3.62. The first-order valence-electron chi connectivity index (χ1n) is 7.18. The molecule has 0 saturated carbocycles. The van der Waals surface area contributed by atoms with E-state index >= 15 is 0 Å². The van der Waals surface area contributed by atoms with Gasteiger partial charge in [-0.3, -0.25) is 0 Å². The Kier molecular flexibility index (Phi) is 4.85. The van der Waals surface area contributed by atoms with Gasteiger partial charge in [0.25, 0.3) is 0 Å². The standard InChI is InChI=1S/C17H23NO2/c1-4-12(2)14-8-5-6-9-15(14)20-17(13(3)18)16-10-7-11-19-16/h5-13,17H,4,18H2,1-3H3. The van der Waals surface area contributed by atoms with Crippen LogP contribution in [0.4, 0.5) is 0 Å². The summed E-state index contributed by atoms with van der Waals surface area (Å²) in [7, 11) is 0. The van der Waals surface area contributed by atoms with Crippen molar-refractivity contribution in [2.45, 2.75) is 45.3 Å². The van der Waals surface area contributed by atoms with Crippen molar-refractivity contribution in [1.82, 2.24) is 0 Å². The number of rotatable bonds is 6. The molecule has 0 spiro atoms. The summed E-state index contributed by atoms with van der Waals surface area (Å²) in [6.45, 7) is 6.31. The molecule has 1 aromatic carbocycles. The van der Waals surface area contributed by atoms with Gasteiger partial charge in [-0.15, -0.1) is 0 Å². The molecule has 2 aromatic rings. The van der Waals surface area contributed by atoms with Crippen LogP contribution in [-0.4, -0.2) is 6.04 Å². The molecule has 2 N–H and O–H groups in total. The molecule has 1 aromatic heterocycles. The van der Waals surface area contributed by atoms with E-state index in [9.17, 15) is 0 Å². The summed E-state index contributed by atoms with van der Waals surface area (Å²) in [6.07, 6.45) is 2.45. The number of hydrogen-bond acceptors (Lipinski definition) is 3.